The first-order chi connectivity index (χ1) is 9.38. The predicted octanol–water partition coefficient (Wildman–Crippen LogP) is 5.35. The van der Waals surface area contributed by atoms with Gasteiger partial charge < -0.3 is 0 Å². The first kappa shape index (κ1) is 15.9. The average Bonchev–Trinajstić information content (AvgIpc) is 2.88. The molecule has 2 aromatic rings. The number of carbonyl (C=O) groups excluding carboxylic acids is 2. The zero-order chi connectivity index (χ0) is 14.9. The molecule has 0 N–H and O–H groups in total. The second-order valence-corrected chi connectivity index (χ2v) is 7.79. The molecule has 4 nitrogen and oxygen atoms in total. The van der Waals surface area contributed by atoms with Crippen LogP contribution in [0.25, 0.3) is 0 Å². The van der Waals surface area contributed by atoms with Crippen LogP contribution >= 0.6 is 69.1 Å². The van der Waals surface area contributed by atoms with Crippen LogP contribution in [-0.2, 0) is 9.78 Å². The van der Waals surface area contributed by atoms with E-state index in [1.54, 1.807) is 0 Å². The predicted molar refractivity (Wildman–Crippen MR) is 79.5 cm³/mol. The first-order valence-electron chi connectivity index (χ1n) is 4.71. The number of thiophene rings is 2. The molecule has 0 bridgehead atoms. The Morgan fingerprint density at radius 3 is 1.40 bits per heavy atom. The van der Waals surface area contributed by atoms with Gasteiger partial charge in [-0.05, 0) is 12.1 Å². The van der Waals surface area contributed by atoms with Crippen molar-refractivity contribution in [2.45, 2.75) is 0 Å². The minimum absolute atomic E-state index is 0.00362. The number of carbonyl (C=O) groups is 2. The SMILES string of the molecule is O=C(OOC(=O)c1cc(Cl)sc1Cl)c1cc(Cl)sc1Cl. The van der Waals surface area contributed by atoms with Gasteiger partial charge in [0.1, 0.15) is 8.67 Å². The maximum atomic E-state index is 11.6. The lowest BCUT2D eigenvalue weighted by Crippen LogP contribution is -2.11. The quantitative estimate of drug-likeness (QED) is 0.511. The van der Waals surface area contributed by atoms with E-state index in [0.29, 0.717) is 8.67 Å². The van der Waals surface area contributed by atoms with Crippen molar-refractivity contribution in [1.82, 2.24) is 0 Å². The lowest BCUT2D eigenvalue weighted by atomic mass is 10.3. The molecule has 0 fully saturated rings. The van der Waals surface area contributed by atoms with E-state index in [9.17, 15) is 9.59 Å². The molecular weight excluding hydrogens is 390 g/mol. The fourth-order valence-corrected chi connectivity index (χ4v) is 4.00. The van der Waals surface area contributed by atoms with Gasteiger partial charge in [0.25, 0.3) is 0 Å². The van der Waals surface area contributed by atoms with Crippen molar-refractivity contribution in [1.29, 1.82) is 0 Å². The van der Waals surface area contributed by atoms with Crippen LogP contribution in [0.4, 0.5) is 0 Å². The topological polar surface area (TPSA) is 52.6 Å². The molecule has 20 heavy (non-hydrogen) atoms. The maximum absolute atomic E-state index is 11.6. The van der Waals surface area contributed by atoms with E-state index in [1.165, 1.54) is 12.1 Å². The van der Waals surface area contributed by atoms with E-state index in [4.69, 9.17) is 46.4 Å². The monoisotopic (exact) mass is 390 g/mol. The van der Waals surface area contributed by atoms with Crippen LogP contribution in [0.2, 0.25) is 17.3 Å². The molecule has 0 saturated heterocycles. The van der Waals surface area contributed by atoms with Crippen LogP contribution in [0.15, 0.2) is 12.1 Å². The van der Waals surface area contributed by atoms with Gasteiger partial charge in [0.2, 0.25) is 0 Å². The highest BCUT2D eigenvalue weighted by atomic mass is 35.5. The minimum Gasteiger partial charge on any atom is -0.241 e. The van der Waals surface area contributed by atoms with E-state index in [-0.39, 0.29) is 19.8 Å². The molecule has 0 aliphatic heterocycles. The highest BCUT2D eigenvalue weighted by Crippen LogP contribution is 2.33. The molecule has 0 aliphatic rings. The van der Waals surface area contributed by atoms with Gasteiger partial charge in [-0.1, -0.05) is 46.4 Å². The molecule has 2 aromatic heterocycles. The molecule has 0 spiro atoms. The average molecular weight is 392 g/mol. The Hall–Kier alpha value is -0.500. The Kier molecular flexibility index (Phi) is 5.17. The lowest BCUT2D eigenvalue weighted by molar-refractivity contribution is -0.187. The van der Waals surface area contributed by atoms with Crippen LogP contribution in [0.3, 0.4) is 0 Å². The van der Waals surface area contributed by atoms with Gasteiger partial charge >= 0.3 is 11.9 Å². The van der Waals surface area contributed by atoms with Gasteiger partial charge in [-0.25, -0.2) is 19.4 Å². The normalized spacial score (nSPS) is 10.4. The molecule has 0 amide bonds. The largest absolute Gasteiger partial charge is 0.388 e. The molecule has 106 valence electrons. The standard InChI is InChI=1S/C10H2Cl4O4S2/c11-5-1-3(7(13)19-5)9(15)17-18-10(16)4-2-6(12)20-8(4)14/h1-2H. The van der Waals surface area contributed by atoms with E-state index < -0.39 is 11.9 Å². The Bertz CT molecular complexity index is 621. The zero-order valence-corrected chi connectivity index (χ0v) is 13.8. The van der Waals surface area contributed by atoms with Crippen molar-refractivity contribution < 1.29 is 19.4 Å². The molecule has 0 saturated carbocycles. The molecule has 2 heterocycles. The van der Waals surface area contributed by atoms with Crippen molar-refractivity contribution in [3.05, 3.63) is 40.6 Å². The summed E-state index contributed by atoms with van der Waals surface area (Å²) in [7, 11) is 0. The Morgan fingerprint density at radius 2 is 1.15 bits per heavy atom. The van der Waals surface area contributed by atoms with E-state index >= 15 is 0 Å². The summed E-state index contributed by atoms with van der Waals surface area (Å²) in [6.45, 7) is 0. The number of rotatable bonds is 2. The van der Waals surface area contributed by atoms with E-state index in [0.717, 1.165) is 22.7 Å². The van der Waals surface area contributed by atoms with Gasteiger partial charge in [0.15, 0.2) is 0 Å². The molecule has 0 radical (unpaired) electrons. The van der Waals surface area contributed by atoms with Crippen LogP contribution in [0, 0.1) is 0 Å². The summed E-state index contributed by atoms with van der Waals surface area (Å²) in [4.78, 5) is 32.0. The van der Waals surface area contributed by atoms with Crippen LogP contribution in [0.5, 0.6) is 0 Å². The first-order valence-corrected chi connectivity index (χ1v) is 7.86. The summed E-state index contributed by atoms with van der Waals surface area (Å²) < 4.78 is 0.877. The second-order valence-electron chi connectivity index (χ2n) is 3.22. The summed E-state index contributed by atoms with van der Waals surface area (Å²) in [6.07, 6.45) is 0. The lowest BCUT2D eigenvalue weighted by Gasteiger charge is -2.01. The maximum Gasteiger partial charge on any atom is 0.388 e. The third-order valence-corrected chi connectivity index (χ3v) is 4.92. The summed E-state index contributed by atoms with van der Waals surface area (Å²) >= 11 is 24.8. The van der Waals surface area contributed by atoms with Crippen LogP contribution in [-0.4, -0.2) is 11.9 Å². The van der Waals surface area contributed by atoms with Crippen molar-refractivity contribution in [2.75, 3.05) is 0 Å². The highest BCUT2D eigenvalue weighted by molar-refractivity contribution is 7.20. The fraction of sp³-hybridized carbons (Fsp3) is 0. The summed E-state index contributed by atoms with van der Waals surface area (Å²) in [6, 6.07) is 2.61. The van der Waals surface area contributed by atoms with Gasteiger partial charge in [-0.15, -0.1) is 22.7 Å². The van der Waals surface area contributed by atoms with Crippen LogP contribution in [0.1, 0.15) is 20.7 Å². The second kappa shape index (κ2) is 6.51. The van der Waals surface area contributed by atoms with E-state index in [1.807, 2.05) is 0 Å². The van der Waals surface area contributed by atoms with Gasteiger partial charge in [-0.3, -0.25) is 0 Å². The molecule has 10 heteroatoms. The molecule has 2 rings (SSSR count). The molecular formula is C10H2Cl4O4S2. The Labute approximate surface area is 140 Å². The molecule has 0 aliphatic carbocycles. The molecule has 0 atom stereocenters. The Balaban J connectivity index is 2.02. The van der Waals surface area contributed by atoms with Crippen molar-refractivity contribution >= 4 is 81.0 Å². The van der Waals surface area contributed by atoms with Crippen molar-refractivity contribution in [3.63, 3.8) is 0 Å². The van der Waals surface area contributed by atoms with E-state index in [2.05, 4.69) is 9.78 Å². The van der Waals surface area contributed by atoms with Gasteiger partial charge in [0.05, 0.1) is 19.8 Å². The fourth-order valence-electron chi connectivity index (χ4n) is 1.12. The Morgan fingerprint density at radius 1 is 0.800 bits per heavy atom. The molecule has 0 unspecified atom stereocenters. The summed E-state index contributed by atoms with van der Waals surface area (Å²) in [5, 5.41) is 0. The smallest absolute Gasteiger partial charge is 0.241 e. The third kappa shape index (κ3) is 3.58. The summed E-state index contributed by atoms with van der Waals surface area (Å²) in [5.74, 6) is -1.88. The zero-order valence-electron chi connectivity index (χ0n) is 9.12. The number of hydrogen-bond donors (Lipinski definition) is 0. The van der Waals surface area contributed by atoms with Crippen molar-refractivity contribution in [3.8, 4) is 0 Å². The minimum atomic E-state index is -0.941. The highest BCUT2D eigenvalue weighted by Gasteiger charge is 2.21. The van der Waals surface area contributed by atoms with Crippen LogP contribution < -0.4 is 0 Å². The van der Waals surface area contributed by atoms with Crippen molar-refractivity contribution in [2.24, 2.45) is 0 Å². The number of hydrogen-bond acceptors (Lipinski definition) is 6. The molecule has 0 aromatic carbocycles. The summed E-state index contributed by atoms with van der Waals surface area (Å²) in [5.41, 5.74) is 0.00725. The van der Waals surface area contributed by atoms with Gasteiger partial charge in [-0.2, -0.15) is 0 Å². The van der Waals surface area contributed by atoms with Gasteiger partial charge in [0, 0.05) is 0 Å². The third-order valence-electron chi connectivity index (χ3n) is 1.95. The number of halogens is 4.